The molecule has 0 saturated heterocycles. The van der Waals surface area contributed by atoms with Gasteiger partial charge in [0, 0.05) is 12.3 Å². The van der Waals surface area contributed by atoms with Crippen molar-refractivity contribution in [2.24, 2.45) is 0 Å². The summed E-state index contributed by atoms with van der Waals surface area (Å²) in [4.78, 5) is 23.5. The molecule has 0 rings (SSSR count). The van der Waals surface area contributed by atoms with Crippen molar-refractivity contribution >= 4 is 23.8 Å². The fourth-order valence-electron chi connectivity index (χ4n) is 1.65. The fourth-order valence-corrected chi connectivity index (χ4v) is 2.86. The molecular weight excluding hydrogens is 266 g/mol. The first-order valence-electron chi connectivity index (χ1n) is 6.84. The molecule has 0 bridgehead atoms. The number of carboxylic acid groups (broad SMARTS) is 2. The minimum atomic E-state index is -1.14. The van der Waals surface area contributed by atoms with Crippen molar-refractivity contribution < 1.29 is 19.8 Å². The zero-order chi connectivity index (χ0) is 14.7. The van der Waals surface area contributed by atoms with Crippen molar-refractivity contribution in [2.75, 3.05) is 18.1 Å². The number of nitrogens with zero attached hydrogens (tertiary/aromatic N) is 1. The molecule has 1 unspecified atom stereocenters. The van der Waals surface area contributed by atoms with Gasteiger partial charge in [0.25, 0.3) is 0 Å². The minimum absolute atomic E-state index is 0.300. The van der Waals surface area contributed by atoms with Crippen molar-refractivity contribution in [2.45, 2.75) is 52.0 Å². The largest absolute Gasteiger partial charge is 0.480 e. The van der Waals surface area contributed by atoms with Crippen LogP contribution in [0.1, 0.15) is 46.0 Å². The highest BCUT2D eigenvalue weighted by Crippen LogP contribution is 2.13. The average molecular weight is 291 g/mol. The summed E-state index contributed by atoms with van der Waals surface area (Å²) in [7, 11) is 0. The lowest BCUT2D eigenvalue weighted by atomic mass is 10.2. The van der Waals surface area contributed by atoms with E-state index in [2.05, 4.69) is 6.92 Å². The Bertz CT molecular complexity index is 273. The summed E-state index contributed by atoms with van der Waals surface area (Å²) < 4.78 is 0. The van der Waals surface area contributed by atoms with Crippen LogP contribution in [-0.4, -0.2) is 51.3 Å². The predicted octanol–water partition coefficient (Wildman–Crippen LogP) is 3.14. The van der Waals surface area contributed by atoms with Crippen LogP contribution >= 0.6 is 11.8 Å². The van der Waals surface area contributed by atoms with Gasteiger partial charge < -0.3 is 10.2 Å². The van der Waals surface area contributed by atoms with E-state index >= 15 is 0 Å². The third-order valence-electron chi connectivity index (χ3n) is 2.83. The molecule has 5 nitrogen and oxygen atoms in total. The molecule has 0 aliphatic rings. The van der Waals surface area contributed by atoms with Gasteiger partial charge >= 0.3 is 12.1 Å². The second-order valence-corrected chi connectivity index (χ2v) is 5.62. The van der Waals surface area contributed by atoms with E-state index in [0.717, 1.165) is 36.3 Å². The maximum Gasteiger partial charge on any atom is 0.408 e. The third-order valence-corrected chi connectivity index (χ3v) is 3.96. The molecule has 0 aliphatic heterocycles. The number of rotatable bonds is 11. The number of hydrogen-bond donors (Lipinski definition) is 2. The van der Waals surface area contributed by atoms with E-state index in [9.17, 15) is 14.7 Å². The Morgan fingerprint density at radius 1 is 1.11 bits per heavy atom. The Balaban J connectivity index is 4.40. The van der Waals surface area contributed by atoms with Crippen molar-refractivity contribution in [1.82, 2.24) is 4.90 Å². The molecule has 0 aliphatic carbocycles. The van der Waals surface area contributed by atoms with Crippen molar-refractivity contribution in [1.29, 1.82) is 0 Å². The van der Waals surface area contributed by atoms with E-state index in [0.29, 0.717) is 18.7 Å². The topological polar surface area (TPSA) is 77.8 Å². The SMILES string of the molecule is CCCCCN(C(=O)O)C(CSCCCC)C(=O)O. The molecule has 112 valence electrons. The van der Waals surface area contributed by atoms with E-state index in [4.69, 9.17) is 5.11 Å². The Morgan fingerprint density at radius 3 is 2.21 bits per heavy atom. The van der Waals surface area contributed by atoms with Crippen LogP contribution in [-0.2, 0) is 4.79 Å². The lowest BCUT2D eigenvalue weighted by Gasteiger charge is -2.26. The molecule has 0 fully saturated rings. The molecule has 0 radical (unpaired) electrons. The zero-order valence-corrected chi connectivity index (χ0v) is 12.6. The lowest BCUT2D eigenvalue weighted by Crippen LogP contribution is -2.46. The number of unbranched alkanes of at least 4 members (excludes halogenated alkanes) is 3. The van der Waals surface area contributed by atoms with Crippen LogP contribution < -0.4 is 0 Å². The van der Waals surface area contributed by atoms with Gasteiger partial charge in [-0.2, -0.15) is 11.8 Å². The molecule has 2 N–H and O–H groups in total. The Morgan fingerprint density at radius 2 is 1.74 bits per heavy atom. The Kier molecular flexibility index (Phi) is 10.4. The number of carbonyl (C=O) groups is 2. The van der Waals surface area contributed by atoms with Crippen LogP contribution in [0.3, 0.4) is 0 Å². The van der Waals surface area contributed by atoms with Crippen LogP contribution in [0, 0.1) is 0 Å². The van der Waals surface area contributed by atoms with Gasteiger partial charge in [0.2, 0.25) is 0 Å². The Hall–Kier alpha value is -0.910. The summed E-state index contributed by atoms with van der Waals surface area (Å²) in [6.07, 6.45) is 3.56. The first-order valence-corrected chi connectivity index (χ1v) is 8.00. The van der Waals surface area contributed by atoms with Crippen molar-refractivity contribution in [3.05, 3.63) is 0 Å². The summed E-state index contributed by atoms with van der Waals surface area (Å²) in [5.41, 5.74) is 0. The molecule has 0 spiro atoms. The summed E-state index contributed by atoms with van der Waals surface area (Å²) in [5, 5.41) is 18.3. The van der Waals surface area contributed by atoms with E-state index < -0.39 is 18.1 Å². The van der Waals surface area contributed by atoms with E-state index in [-0.39, 0.29) is 0 Å². The van der Waals surface area contributed by atoms with Crippen LogP contribution in [0.5, 0.6) is 0 Å². The van der Waals surface area contributed by atoms with Crippen LogP contribution in [0.4, 0.5) is 4.79 Å². The van der Waals surface area contributed by atoms with Crippen LogP contribution in [0.25, 0.3) is 0 Å². The summed E-state index contributed by atoms with van der Waals surface area (Å²) in [6.45, 7) is 4.40. The van der Waals surface area contributed by atoms with E-state index in [1.165, 1.54) is 11.8 Å². The molecule has 0 aromatic carbocycles. The molecule has 1 atom stereocenters. The maximum absolute atomic E-state index is 11.2. The molecule has 0 aromatic rings. The lowest BCUT2D eigenvalue weighted by molar-refractivity contribution is -0.141. The third kappa shape index (κ3) is 7.97. The second-order valence-electron chi connectivity index (χ2n) is 4.47. The standard InChI is InChI=1S/C13H25NO4S/c1-3-5-7-8-14(13(17)18)11(12(15)16)10-19-9-6-4-2/h11H,3-10H2,1-2H3,(H,15,16)(H,17,18). The second kappa shape index (κ2) is 11.0. The van der Waals surface area contributed by atoms with Crippen molar-refractivity contribution in [3.63, 3.8) is 0 Å². The zero-order valence-electron chi connectivity index (χ0n) is 11.8. The van der Waals surface area contributed by atoms with Crippen LogP contribution in [0.2, 0.25) is 0 Å². The highest BCUT2D eigenvalue weighted by molar-refractivity contribution is 7.99. The summed E-state index contributed by atoms with van der Waals surface area (Å²) in [5.74, 6) is 0.152. The van der Waals surface area contributed by atoms with Gasteiger partial charge in [0.05, 0.1) is 0 Å². The molecular formula is C13H25NO4S. The first-order chi connectivity index (χ1) is 9.04. The molecule has 0 aromatic heterocycles. The van der Waals surface area contributed by atoms with Crippen LogP contribution in [0.15, 0.2) is 0 Å². The molecule has 6 heteroatoms. The minimum Gasteiger partial charge on any atom is -0.480 e. The fraction of sp³-hybridized carbons (Fsp3) is 0.846. The van der Waals surface area contributed by atoms with Gasteiger partial charge in [0.1, 0.15) is 6.04 Å². The van der Waals surface area contributed by atoms with E-state index in [1.54, 1.807) is 0 Å². The number of hydrogen-bond acceptors (Lipinski definition) is 3. The number of amides is 1. The van der Waals surface area contributed by atoms with Gasteiger partial charge in [0.15, 0.2) is 0 Å². The molecule has 0 heterocycles. The van der Waals surface area contributed by atoms with Gasteiger partial charge in [-0.15, -0.1) is 0 Å². The van der Waals surface area contributed by atoms with Gasteiger partial charge in [-0.25, -0.2) is 9.59 Å². The van der Waals surface area contributed by atoms with Crippen molar-refractivity contribution in [3.8, 4) is 0 Å². The number of aliphatic carboxylic acids is 1. The summed E-state index contributed by atoms with van der Waals surface area (Å²) >= 11 is 1.51. The highest BCUT2D eigenvalue weighted by Gasteiger charge is 2.28. The van der Waals surface area contributed by atoms with Gasteiger partial charge in [-0.3, -0.25) is 4.90 Å². The molecule has 19 heavy (non-hydrogen) atoms. The smallest absolute Gasteiger partial charge is 0.408 e. The van der Waals surface area contributed by atoms with E-state index in [1.807, 2.05) is 6.92 Å². The number of carboxylic acids is 1. The molecule has 0 saturated carbocycles. The quantitative estimate of drug-likeness (QED) is 0.572. The average Bonchev–Trinajstić information content (AvgIpc) is 2.35. The molecule has 1 amide bonds. The maximum atomic E-state index is 11.2. The predicted molar refractivity (Wildman–Crippen MR) is 77.9 cm³/mol. The number of thioether (sulfide) groups is 1. The van der Waals surface area contributed by atoms with Gasteiger partial charge in [-0.05, 0) is 18.6 Å². The van der Waals surface area contributed by atoms with Gasteiger partial charge in [-0.1, -0.05) is 33.1 Å². The normalized spacial score (nSPS) is 12.1. The highest BCUT2D eigenvalue weighted by atomic mass is 32.2. The first kappa shape index (κ1) is 18.1. The monoisotopic (exact) mass is 291 g/mol. The Labute approximate surface area is 119 Å². The summed E-state index contributed by atoms with van der Waals surface area (Å²) in [6, 6.07) is -0.934.